The lowest BCUT2D eigenvalue weighted by Gasteiger charge is -2.22. The Morgan fingerprint density at radius 3 is 2.78 bits per heavy atom. The number of aromatic nitrogens is 1. The molecule has 1 atom stereocenters. The molecule has 0 N–H and O–H groups in total. The van der Waals surface area contributed by atoms with E-state index >= 15 is 0 Å². The van der Waals surface area contributed by atoms with Crippen molar-refractivity contribution in [3.8, 4) is 0 Å². The zero-order valence-corrected chi connectivity index (χ0v) is 11.5. The van der Waals surface area contributed by atoms with Crippen molar-refractivity contribution in [2.24, 2.45) is 5.92 Å². The highest BCUT2D eigenvalue weighted by Crippen LogP contribution is 2.28. The van der Waals surface area contributed by atoms with Gasteiger partial charge in [0.15, 0.2) is 0 Å². The predicted octanol–water partition coefficient (Wildman–Crippen LogP) is 4.03. The number of hydrogen-bond acceptors (Lipinski definition) is 2. The molecular formula is C16H23NO. The summed E-state index contributed by atoms with van der Waals surface area (Å²) in [7, 11) is 0. The lowest BCUT2D eigenvalue weighted by molar-refractivity contribution is -0.124. The van der Waals surface area contributed by atoms with Crippen molar-refractivity contribution < 1.29 is 4.79 Å². The van der Waals surface area contributed by atoms with Gasteiger partial charge in [0.2, 0.25) is 0 Å². The third-order valence-corrected chi connectivity index (χ3v) is 4.06. The largest absolute Gasteiger partial charge is 0.299 e. The Bertz CT molecular complexity index is 407. The Kier molecular flexibility index (Phi) is 4.51. The average molecular weight is 245 g/mol. The minimum Gasteiger partial charge on any atom is -0.299 e. The van der Waals surface area contributed by atoms with Gasteiger partial charge in [-0.3, -0.25) is 9.78 Å². The molecule has 0 saturated heterocycles. The summed E-state index contributed by atoms with van der Waals surface area (Å²) in [5.74, 6) is 1.13. The molecule has 98 valence electrons. The number of aryl methyl sites for hydroxylation is 1. The van der Waals surface area contributed by atoms with Crippen molar-refractivity contribution in [3.05, 3.63) is 29.6 Å². The number of hydrogen-bond donors (Lipinski definition) is 0. The summed E-state index contributed by atoms with van der Waals surface area (Å²) in [6.45, 7) is 4.15. The van der Waals surface area contributed by atoms with Crippen LogP contribution in [0.15, 0.2) is 18.3 Å². The molecule has 0 bridgehead atoms. The van der Waals surface area contributed by atoms with Gasteiger partial charge >= 0.3 is 0 Å². The van der Waals surface area contributed by atoms with E-state index in [1.165, 1.54) is 24.8 Å². The van der Waals surface area contributed by atoms with Crippen molar-refractivity contribution in [3.63, 3.8) is 0 Å². The minimum atomic E-state index is 0.320. The van der Waals surface area contributed by atoms with Gasteiger partial charge in [-0.2, -0.15) is 0 Å². The first-order chi connectivity index (χ1) is 8.66. The van der Waals surface area contributed by atoms with E-state index in [1.54, 1.807) is 0 Å². The molecule has 1 fully saturated rings. The highest BCUT2D eigenvalue weighted by atomic mass is 16.1. The molecule has 1 unspecified atom stereocenters. The number of carbonyl (C=O) groups is 1. The van der Waals surface area contributed by atoms with Crippen molar-refractivity contribution in [1.82, 2.24) is 4.98 Å². The van der Waals surface area contributed by atoms with Gasteiger partial charge in [-0.15, -0.1) is 0 Å². The lowest BCUT2D eigenvalue weighted by atomic mass is 9.82. The Morgan fingerprint density at radius 2 is 2.11 bits per heavy atom. The molecule has 0 aromatic carbocycles. The number of Topliss-reactive ketones (excluding diaryl/α,β-unsaturated/α-hetero) is 1. The monoisotopic (exact) mass is 245 g/mol. The maximum atomic E-state index is 12.3. The topological polar surface area (TPSA) is 30.0 Å². The van der Waals surface area contributed by atoms with Crippen LogP contribution >= 0.6 is 0 Å². The minimum absolute atomic E-state index is 0.320. The second-order valence-electron chi connectivity index (χ2n) is 5.64. The Balaban J connectivity index is 1.94. The molecule has 2 heteroatoms. The van der Waals surface area contributed by atoms with E-state index in [9.17, 15) is 4.79 Å². The van der Waals surface area contributed by atoms with Crippen LogP contribution in [-0.4, -0.2) is 10.8 Å². The fourth-order valence-corrected chi connectivity index (χ4v) is 2.88. The van der Waals surface area contributed by atoms with Crippen molar-refractivity contribution >= 4 is 5.78 Å². The molecule has 0 amide bonds. The van der Waals surface area contributed by atoms with Crippen molar-refractivity contribution in [1.29, 1.82) is 0 Å². The van der Waals surface area contributed by atoms with Gasteiger partial charge in [0, 0.05) is 24.2 Å². The summed E-state index contributed by atoms with van der Waals surface area (Å²) >= 11 is 0. The highest BCUT2D eigenvalue weighted by Gasteiger charge is 2.22. The molecule has 1 aliphatic carbocycles. The standard InChI is InChI=1S/C16H23NO/c1-12(15-8-9-17-13(2)11-15)10-16(18)14-6-4-3-5-7-14/h8-9,11-12,14H,3-7,10H2,1-2H3. The second kappa shape index (κ2) is 6.12. The molecule has 0 spiro atoms. The fraction of sp³-hybridized carbons (Fsp3) is 0.625. The van der Waals surface area contributed by atoms with Gasteiger partial charge in [-0.1, -0.05) is 26.2 Å². The first-order valence-corrected chi connectivity index (χ1v) is 7.12. The Hall–Kier alpha value is -1.18. The third-order valence-electron chi connectivity index (χ3n) is 4.06. The number of rotatable bonds is 4. The predicted molar refractivity (Wildman–Crippen MR) is 73.6 cm³/mol. The molecule has 2 nitrogen and oxygen atoms in total. The molecule has 2 rings (SSSR count). The van der Waals surface area contributed by atoms with Crippen molar-refractivity contribution in [2.45, 2.75) is 58.3 Å². The van der Waals surface area contributed by atoms with E-state index in [4.69, 9.17) is 0 Å². The van der Waals surface area contributed by atoms with Crippen LogP contribution in [0.4, 0.5) is 0 Å². The van der Waals surface area contributed by atoms with Gasteiger partial charge in [-0.05, 0) is 43.4 Å². The molecule has 1 aliphatic rings. The van der Waals surface area contributed by atoms with Crippen LogP contribution < -0.4 is 0 Å². The summed E-state index contributed by atoms with van der Waals surface area (Å²) in [5.41, 5.74) is 2.27. The second-order valence-corrected chi connectivity index (χ2v) is 5.64. The maximum Gasteiger partial charge on any atom is 0.136 e. The molecule has 0 radical (unpaired) electrons. The van der Waals surface area contributed by atoms with Gasteiger partial charge in [0.1, 0.15) is 5.78 Å². The normalized spacial score (nSPS) is 18.6. The quantitative estimate of drug-likeness (QED) is 0.801. The zero-order chi connectivity index (χ0) is 13.0. The first kappa shape index (κ1) is 13.3. The van der Waals surface area contributed by atoms with Crippen LogP contribution in [0.5, 0.6) is 0 Å². The smallest absolute Gasteiger partial charge is 0.136 e. The van der Waals surface area contributed by atoms with Crippen LogP contribution in [-0.2, 0) is 4.79 Å². The Labute approximate surface area is 110 Å². The van der Waals surface area contributed by atoms with E-state index in [2.05, 4.69) is 18.0 Å². The van der Waals surface area contributed by atoms with Crippen LogP contribution in [0.3, 0.4) is 0 Å². The first-order valence-electron chi connectivity index (χ1n) is 7.12. The summed E-state index contributed by atoms with van der Waals surface area (Å²) < 4.78 is 0. The molecule has 0 aliphatic heterocycles. The Morgan fingerprint density at radius 1 is 1.39 bits per heavy atom. The van der Waals surface area contributed by atoms with Gasteiger partial charge in [0.25, 0.3) is 0 Å². The van der Waals surface area contributed by atoms with Crippen LogP contribution in [0.25, 0.3) is 0 Å². The number of ketones is 1. The van der Waals surface area contributed by atoms with E-state index in [0.717, 1.165) is 18.5 Å². The summed E-state index contributed by atoms with van der Waals surface area (Å²) in [6, 6.07) is 4.13. The number of pyridine rings is 1. The van der Waals surface area contributed by atoms with Crippen LogP contribution in [0.1, 0.15) is 62.6 Å². The highest BCUT2D eigenvalue weighted by molar-refractivity contribution is 5.81. The van der Waals surface area contributed by atoms with E-state index in [1.807, 2.05) is 19.2 Å². The number of nitrogens with zero attached hydrogens (tertiary/aromatic N) is 1. The number of carbonyl (C=O) groups excluding carboxylic acids is 1. The van der Waals surface area contributed by atoms with Crippen LogP contribution in [0, 0.1) is 12.8 Å². The van der Waals surface area contributed by atoms with Crippen LogP contribution in [0.2, 0.25) is 0 Å². The van der Waals surface area contributed by atoms with Gasteiger partial charge in [0.05, 0.1) is 0 Å². The molecule has 1 aromatic heterocycles. The van der Waals surface area contributed by atoms with Gasteiger partial charge < -0.3 is 0 Å². The summed E-state index contributed by atoms with van der Waals surface area (Å²) in [6.07, 6.45) is 8.53. The molecule has 18 heavy (non-hydrogen) atoms. The fourth-order valence-electron chi connectivity index (χ4n) is 2.88. The van der Waals surface area contributed by atoms with E-state index in [-0.39, 0.29) is 0 Å². The summed E-state index contributed by atoms with van der Waals surface area (Å²) in [4.78, 5) is 16.5. The molecule has 1 heterocycles. The molecule has 1 saturated carbocycles. The van der Waals surface area contributed by atoms with Gasteiger partial charge in [-0.25, -0.2) is 0 Å². The summed E-state index contributed by atoms with van der Waals surface area (Å²) in [5, 5.41) is 0. The lowest BCUT2D eigenvalue weighted by Crippen LogP contribution is -2.19. The van der Waals surface area contributed by atoms with Crippen molar-refractivity contribution in [2.75, 3.05) is 0 Å². The SMILES string of the molecule is Cc1cc(C(C)CC(=O)C2CCCCC2)ccn1. The van der Waals surface area contributed by atoms with E-state index < -0.39 is 0 Å². The third kappa shape index (κ3) is 3.41. The van der Waals surface area contributed by atoms with E-state index in [0.29, 0.717) is 24.0 Å². The zero-order valence-electron chi connectivity index (χ0n) is 11.5. The average Bonchev–Trinajstić information content (AvgIpc) is 2.39. The molecule has 1 aromatic rings. The molecular weight excluding hydrogens is 222 g/mol. The maximum absolute atomic E-state index is 12.3.